The fraction of sp³-hybridized carbons (Fsp3) is 0.562. The Kier molecular flexibility index (Phi) is 5.19. The van der Waals surface area contributed by atoms with Crippen molar-refractivity contribution in [1.29, 1.82) is 0 Å². The summed E-state index contributed by atoms with van der Waals surface area (Å²) in [5.74, 6) is 0.436. The van der Waals surface area contributed by atoms with Gasteiger partial charge in [0.15, 0.2) is 0 Å². The van der Waals surface area contributed by atoms with Crippen LogP contribution in [0.15, 0.2) is 18.2 Å². The number of nitrogens with one attached hydrogen (secondary N) is 1. The predicted octanol–water partition coefficient (Wildman–Crippen LogP) is 2.68. The Morgan fingerprint density at radius 1 is 1.39 bits per heavy atom. The summed E-state index contributed by atoms with van der Waals surface area (Å²) < 4.78 is 41.7. The van der Waals surface area contributed by atoms with Gasteiger partial charge in [-0.3, -0.25) is 4.79 Å². The van der Waals surface area contributed by atoms with Gasteiger partial charge in [0.2, 0.25) is 5.91 Å². The lowest BCUT2D eigenvalue weighted by Crippen LogP contribution is -2.49. The SMILES string of the molecule is COc1ccc2c(c1)CC(C)N(C(=O)CNCC(F)(F)F)C2C. The third kappa shape index (κ3) is 4.16. The number of ether oxygens (including phenoxy) is 1. The molecule has 0 saturated heterocycles. The van der Waals surface area contributed by atoms with E-state index in [4.69, 9.17) is 4.74 Å². The maximum atomic E-state index is 12.3. The van der Waals surface area contributed by atoms with Crippen LogP contribution in [0.2, 0.25) is 0 Å². The quantitative estimate of drug-likeness (QED) is 0.923. The summed E-state index contributed by atoms with van der Waals surface area (Å²) in [5, 5.41) is 2.17. The summed E-state index contributed by atoms with van der Waals surface area (Å²) in [6.45, 7) is 2.31. The molecule has 0 bridgehead atoms. The number of rotatable bonds is 4. The zero-order valence-electron chi connectivity index (χ0n) is 13.4. The summed E-state index contributed by atoms with van der Waals surface area (Å²) in [5.41, 5.74) is 2.12. The highest BCUT2D eigenvalue weighted by Gasteiger charge is 2.33. The van der Waals surface area contributed by atoms with Crippen molar-refractivity contribution in [2.75, 3.05) is 20.2 Å². The molecule has 1 aliphatic rings. The Morgan fingerprint density at radius 3 is 2.70 bits per heavy atom. The normalized spacial score (nSPS) is 21.0. The van der Waals surface area contributed by atoms with E-state index in [2.05, 4.69) is 5.32 Å². The highest BCUT2D eigenvalue weighted by Crippen LogP contribution is 2.34. The zero-order chi connectivity index (χ0) is 17.2. The van der Waals surface area contributed by atoms with E-state index < -0.39 is 12.7 Å². The molecular weight excluding hydrogens is 309 g/mol. The van der Waals surface area contributed by atoms with E-state index in [1.54, 1.807) is 12.0 Å². The van der Waals surface area contributed by atoms with Crippen LogP contribution in [-0.4, -0.2) is 43.2 Å². The van der Waals surface area contributed by atoms with Gasteiger partial charge in [0.1, 0.15) is 5.75 Å². The van der Waals surface area contributed by atoms with Crippen LogP contribution >= 0.6 is 0 Å². The second-order valence-electron chi connectivity index (χ2n) is 5.81. The first-order valence-electron chi connectivity index (χ1n) is 7.48. The van der Waals surface area contributed by atoms with Crippen molar-refractivity contribution < 1.29 is 22.7 Å². The summed E-state index contributed by atoms with van der Waals surface area (Å²) in [6.07, 6.45) is -3.66. The molecule has 1 N–H and O–H groups in total. The summed E-state index contributed by atoms with van der Waals surface area (Å²) in [6, 6.07) is 5.43. The van der Waals surface area contributed by atoms with Gasteiger partial charge in [-0.1, -0.05) is 6.07 Å². The topological polar surface area (TPSA) is 41.6 Å². The molecule has 7 heteroatoms. The first-order valence-corrected chi connectivity index (χ1v) is 7.48. The highest BCUT2D eigenvalue weighted by atomic mass is 19.4. The van der Waals surface area contributed by atoms with Crippen molar-refractivity contribution in [2.45, 2.75) is 38.5 Å². The third-order valence-corrected chi connectivity index (χ3v) is 4.10. The largest absolute Gasteiger partial charge is 0.497 e. The number of methoxy groups -OCH3 is 1. The summed E-state index contributed by atoms with van der Waals surface area (Å²) >= 11 is 0. The van der Waals surface area contributed by atoms with Crippen LogP contribution in [-0.2, 0) is 11.2 Å². The minimum atomic E-state index is -4.32. The molecule has 0 radical (unpaired) electrons. The number of hydrogen-bond acceptors (Lipinski definition) is 3. The third-order valence-electron chi connectivity index (χ3n) is 4.10. The number of nitrogens with zero attached hydrogens (tertiary/aromatic N) is 1. The van der Waals surface area contributed by atoms with Gasteiger partial charge in [0, 0.05) is 6.04 Å². The first-order chi connectivity index (χ1) is 10.7. The fourth-order valence-corrected chi connectivity index (χ4v) is 3.11. The second kappa shape index (κ2) is 6.78. The fourth-order valence-electron chi connectivity index (χ4n) is 3.11. The monoisotopic (exact) mass is 330 g/mol. The lowest BCUT2D eigenvalue weighted by molar-refractivity contribution is -0.138. The average Bonchev–Trinajstić information content (AvgIpc) is 2.45. The maximum absolute atomic E-state index is 12.3. The van der Waals surface area contributed by atoms with Gasteiger partial charge in [-0.25, -0.2) is 0 Å². The van der Waals surface area contributed by atoms with E-state index in [0.717, 1.165) is 16.9 Å². The van der Waals surface area contributed by atoms with Crippen LogP contribution < -0.4 is 10.1 Å². The van der Waals surface area contributed by atoms with E-state index in [1.165, 1.54) is 0 Å². The Labute approximate surface area is 133 Å². The Morgan fingerprint density at radius 2 is 2.09 bits per heavy atom. The minimum absolute atomic E-state index is 0.0789. The second-order valence-corrected chi connectivity index (χ2v) is 5.81. The van der Waals surface area contributed by atoms with Gasteiger partial charge in [-0.05, 0) is 43.5 Å². The number of benzene rings is 1. The molecule has 0 aromatic heterocycles. The van der Waals surface area contributed by atoms with E-state index in [1.807, 2.05) is 32.0 Å². The molecule has 1 aromatic carbocycles. The van der Waals surface area contributed by atoms with E-state index in [9.17, 15) is 18.0 Å². The van der Waals surface area contributed by atoms with E-state index >= 15 is 0 Å². The van der Waals surface area contributed by atoms with Gasteiger partial charge in [0.05, 0.1) is 26.2 Å². The molecule has 1 aliphatic heterocycles. The van der Waals surface area contributed by atoms with Gasteiger partial charge in [-0.2, -0.15) is 13.2 Å². The number of hydrogen-bond donors (Lipinski definition) is 1. The van der Waals surface area contributed by atoms with Crippen LogP contribution in [0.5, 0.6) is 5.75 Å². The molecule has 0 fully saturated rings. The van der Waals surface area contributed by atoms with Crippen LogP contribution in [0.1, 0.15) is 31.0 Å². The summed E-state index contributed by atoms with van der Waals surface area (Å²) in [4.78, 5) is 14.0. The molecule has 2 atom stereocenters. The average molecular weight is 330 g/mol. The van der Waals surface area contributed by atoms with Gasteiger partial charge < -0.3 is 15.0 Å². The van der Waals surface area contributed by atoms with E-state index in [-0.39, 0.29) is 24.5 Å². The molecule has 0 saturated carbocycles. The van der Waals surface area contributed by atoms with Crippen molar-refractivity contribution in [3.05, 3.63) is 29.3 Å². The number of carbonyl (C=O) groups excluding carboxylic acids is 1. The molecule has 1 amide bonds. The highest BCUT2D eigenvalue weighted by molar-refractivity contribution is 5.79. The minimum Gasteiger partial charge on any atom is -0.497 e. The first kappa shape index (κ1) is 17.6. The molecular formula is C16H21F3N2O2. The van der Waals surface area contributed by atoms with Gasteiger partial charge in [0.25, 0.3) is 0 Å². The molecule has 1 aromatic rings. The molecule has 128 valence electrons. The van der Waals surface area contributed by atoms with Crippen molar-refractivity contribution in [1.82, 2.24) is 10.2 Å². The molecule has 2 rings (SSSR count). The van der Waals surface area contributed by atoms with Crippen molar-refractivity contribution in [3.63, 3.8) is 0 Å². The zero-order valence-corrected chi connectivity index (χ0v) is 13.4. The number of carbonyl (C=O) groups is 1. The Hall–Kier alpha value is -1.76. The van der Waals surface area contributed by atoms with Gasteiger partial charge in [-0.15, -0.1) is 0 Å². The molecule has 1 heterocycles. The van der Waals surface area contributed by atoms with Crippen LogP contribution in [0.25, 0.3) is 0 Å². The predicted molar refractivity (Wildman–Crippen MR) is 80.3 cm³/mol. The Balaban J connectivity index is 2.09. The lowest BCUT2D eigenvalue weighted by atomic mass is 9.89. The lowest BCUT2D eigenvalue weighted by Gasteiger charge is -2.40. The van der Waals surface area contributed by atoms with Gasteiger partial charge >= 0.3 is 6.18 Å². The Bertz CT molecular complexity index is 575. The molecule has 23 heavy (non-hydrogen) atoms. The molecule has 0 spiro atoms. The smallest absolute Gasteiger partial charge is 0.401 e. The van der Waals surface area contributed by atoms with Crippen LogP contribution in [0.3, 0.4) is 0 Å². The number of halogens is 3. The molecule has 0 aliphatic carbocycles. The van der Waals surface area contributed by atoms with E-state index in [0.29, 0.717) is 6.42 Å². The van der Waals surface area contributed by atoms with Crippen molar-refractivity contribution in [2.24, 2.45) is 0 Å². The standard InChI is InChI=1S/C16H21F3N2O2/c1-10-6-12-7-13(23-3)4-5-14(12)11(2)21(10)15(22)8-20-9-16(17,18)19/h4-5,7,10-11,20H,6,8-9H2,1-3H3. The summed E-state index contributed by atoms with van der Waals surface area (Å²) in [7, 11) is 1.60. The maximum Gasteiger partial charge on any atom is 0.401 e. The van der Waals surface area contributed by atoms with Crippen LogP contribution in [0.4, 0.5) is 13.2 Å². The van der Waals surface area contributed by atoms with Crippen LogP contribution in [0, 0.1) is 0 Å². The number of fused-ring (bicyclic) bond motifs is 1. The van der Waals surface area contributed by atoms with Crippen molar-refractivity contribution >= 4 is 5.91 Å². The number of amides is 1. The molecule has 4 nitrogen and oxygen atoms in total. The number of alkyl halides is 3. The molecule has 2 unspecified atom stereocenters. The van der Waals surface area contributed by atoms with Crippen molar-refractivity contribution in [3.8, 4) is 5.75 Å².